The predicted octanol–water partition coefficient (Wildman–Crippen LogP) is 4.75. The SMILES string of the molecule is COc1cc(C=Cc2nc3n(n2)CCCC3c2ccc(C#N)cc2)ccc1-n1cnc(C)c1. The number of nitrogens with zero attached hydrogens (tertiary/aromatic N) is 6. The van der Waals surface area contributed by atoms with Gasteiger partial charge in [0.25, 0.3) is 0 Å². The zero-order chi connectivity index (χ0) is 22.8. The highest BCUT2D eigenvalue weighted by molar-refractivity contribution is 5.69. The van der Waals surface area contributed by atoms with Crippen molar-refractivity contribution < 1.29 is 4.74 Å². The van der Waals surface area contributed by atoms with Crippen LogP contribution in [0.15, 0.2) is 55.0 Å². The summed E-state index contributed by atoms with van der Waals surface area (Å²) in [5.41, 5.74) is 4.74. The Morgan fingerprint density at radius 2 is 2.00 bits per heavy atom. The summed E-state index contributed by atoms with van der Waals surface area (Å²) in [4.78, 5) is 9.13. The first kappa shape index (κ1) is 20.7. The third kappa shape index (κ3) is 4.15. The molecule has 2 aromatic carbocycles. The van der Waals surface area contributed by atoms with Crippen molar-refractivity contribution in [2.45, 2.75) is 32.2 Å². The number of ether oxygens (including phenoxy) is 1. The molecule has 1 aliphatic heterocycles. The molecule has 0 N–H and O–H groups in total. The van der Waals surface area contributed by atoms with Crippen molar-refractivity contribution in [3.63, 3.8) is 0 Å². The standard InChI is InChI=1S/C26H24N6O/c1-18-16-31(17-28-18)23-11-7-19(14-24(23)33-2)8-12-25-29-26-22(4-3-13-32(26)30-25)21-9-5-20(15-27)6-10-21/h5-12,14,16-17,22H,3-4,13H2,1-2H3. The first-order valence-electron chi connectivity index (χ1n) is 11.0. The van der Waals surface area contributed by atoms with E-state index in [-0.39, 0.29) is 5.92 Å². The molecule has 7 nitrogen and oxygen atoms in total. The smallest absolute Gasteiger partial charge is 0.174 e. The van der Waals surface area contributed by atoms with Gasteiger partial charge in [0.1, 0.15) is 11.6 Å². The number of fused-ring (bicyclic) bond motifs is 1. The normalized spacial score (nSPS) is 15.4. The van der Waals surface area contributed by atoms with Crippen LogP contribution in [0.4, 0.5) is 0 Å². The molecule has 7 heteroatoms. The second-order valence-corrected chi connectivity index (χ2v) is 8.17. The van der Waals surface area contributed by atoms with Crippen molar-refractivity contribution in [2.24, 2.45) is 0 Å². The largest absolute Gasteiger partial charge is 0.495 e. The molecule has 0 bridgehead atoms. The molecule has 0 spiro atoms. The van der Waals surface area contributed by atoms with E-state index in [1.54, 1.807) is 13.4 Å². The van der Waals surface area contributed by atoms with Gasteiger partial charge in [-0.15, -0.1) is 0 Å². The topological polar surface area (TPSA) is 81.5 Å². The average Bonchev–Trinajstić information content (AvgIpc) is 3.48. The van der Waals surface area contributed by atoms with Gasteiger partial charge >= 0.3 is 0 Å². The summed E-state index contributed by atoms with van der Waals surface area (Å²) in [6.45, 7) is 2.83. The maximum Gasteiger partial charge on any atom is 0.174 e. The first-order valence-corrected chi connectivity index (χ1v) is 11.0. The molecule has 2 aromatic heterocycles. The Labute approximate surface area is 192 Å². The minimum Gasteiger partial charge on any atom is -0.495 e. The number of imidazole rings is 1. The quantitative estimate of drug-likeness (QED) is 0.451. The van der Waals surface area contributed by atoms with Crippen LogP contribution in [0.1, 0.15) is 52.8 Å². The van der Waals surface area contributed by atoms with Crippen molar-refractivity contribution >= 4 is 12.2 Å². The Morgan fingerprint density at radius 3 is 2.73 bits per heavy atom. The van der Waals surface area contributed by atoms with E-state index >= 15 is 0 Å². The minimum absolute atomic E-state index is 0.194. The lowest BCUT2D eigenvalue weighted by Gasteiger charge is -2.22. The summed E-state index contributed by atoms with van der Waals surface area (Å²) in [7, 11) is 1.67. The van der Waals surface area contributed by atoms with Crippen LogP contribution in [0, 0.1) is 18.3 Å². The van der Waals surface area contributed by atoms with Crippen molar-refractivity contribution in [2.75, 3.05) is 7.11 Å². The van der Waals surface area contributed by atoms with Gasteiger partial charge in [0.2, 0.25) is 0 Å². The molecule has 0 saturated heterocycles. The first-order chi connectivity index (χ1) is 16.1. The molecule has 0 fully saturated rings. The highest BCUT2D eigenvalue weighted by atomic mass is 16.5. The lowest BCUT2D eigenvalue weighted by Crippen LogP contribution is -2.17. The van der Waals surface area contributed by atoms with Crippen LogP contribution >= 0.6 is 0 Å². The van der Waals surface area contributed by atoms with Crippen LogP contribution in [-0.4, -0.2) is 31.4 Å². The molecule has 5 rings (SSSR count). The van der Waals surface area contributed by atoms with Gasteiger partial charge in [-0.2, -0.15) is 10.4 Å². The fourth-order valence-corrected chi connectivity index (χ4v) is 4.28. The lowest BCUT2D eigenvalue weighted by molar-refractivity contribution is 0.413. The van der Waals surface area contributed by atoms with E-state index in [9.17, 15) is 0 Å². The molecule has 0 radical (unpaired) electrons. The maximum atomic E-state index is 9.06. The second-order valence-electron chi connectivity index (χ2n) is 8.17. The number of hydrogen-bond donors (Lipinski definition) is 0. The molecule has 3 heterocycles. The van der Waals surface area contributed by atoms with Gasteiger partial charge in [-0.25, -0.2) is 14.6 Å². The molecular weight excluding hydrogens is 412 g/mol. The van der Waals surface area contributed by atoms with Gasteiger partial charge in [-0.1, -0.05) is 24.3 Å². The summed E-state index contributed by atoms with van der Waals surface area (Å²) in [5.74, 6) is 2.64. The average molecular weight is 437 g/mol. The van der Waals surface area contributed by atoms with Crippen LogP contribution in [-0.2, 0) is 6.54 Å². The summed E-state index contributed by atoms with van der Waals surface area (Å²) >= 11 is 0. The number of nitriles is 1. The van der Waals surface area contributed by atoms with Gasteiger partial charge in [0.05, 0.1) is 36.5 Å². The van der Waals surface area contributed by atoms with E-state index in [2.05, 4.69) is 11.1 Å². The highest BCUT2D eigenvalue weighted by Gasteiger charge is 2.25. The molecule has 1 atom stereocenters. The molecule has 1 aliphatic rings. The van der Waals surface area contributed by atoms with Crippen molar-refractivity contribution in [3.05, 3.63) is 89.0 Å². The van der Waals surface area contributed by atoms with Gasteiger partial charge in [-0.05, 0) is 61.2 Å². The van der Waals surface area contributed by atoms with E-state index in [1.807, 2.05) is 77.0 Å². The van der Waals surface area contributed by atoms with Gasteiger partial charge in [0.15, 0.2) is 5.82 Å². The summed E-state index contributed by atoms with van der Waals surface area (Å²) in [5, 5.41) is 13.8. The van der Waals surface area contributed by atoms with Crippen LogP contribution in [0.25, 0.3) is 17.8 Å². The molecule has 1 unspecified atom stereocenters. The number of benzene rings is 2. The minimum atomic E-state index is 0.194. The molecule has 0 amide bonds. The van der Waals surface area contributed by atoms with Crippen LogP contribution in [0.3, 0.4) is 0 Å². The summed E-state index contributed by atoms with van der Waals surface area (Å²) in [6, 6.07) is 16.0. The lowest BCUT2D eigenvalue weighted by atomic mass is 9.91. The van der Waals surface area contributed by atoms with E-state index in [0.717, 1.165) is 47.9 Å². The van der Waals surface area contributed by atoms with Gasteiger partial charge in [-0.3, -0.25) is 0 Å². The Balaban J connectivity index is 1.40. The third-order valence-electron chi connectivity index (χ3n) is 5.95. The highest BCUT2D eigenvalue weighted by Crippen LogP contribution is 2.32. The number of rotatable bonds is 5. The van der Waals surface area contributed by atoms with E-state index in [4.69, 9.17) is 20.1 Å². The van der Waals surface area contributed by atoms with E-state index in [0.29, 0.717) is 11.4 Å². The van der Waals surface area contributed by atoms with Gasteiger partial charge < -0.3 is 9.30 Å². The fourth-order valence-electron chi connectivity index (χ4n) is 4.28. The summed E-state index contributed by atoms with van der Waals surface area (Å²) < 4.78 is 9.57. The van der Waals surface area contributed by atoms with Crippen molar-refractivity contribution in [3.8, 4) is 17.5 Å². The Hall–Kier alpha value is -4.18. The Kier molecular flexibility index (Phi) is 5.49. The van der Waals surface area contributed by atoms with Crippen molar-refractivity contribution in [1.29, 1.82) is 5.26 Å². The number of methoxy groups -OCH3 is 1. The Morgan fingerprint density at radius 1 is 1.15 bits per heavy atom. The van der Waals surface area contributed by atoms with Crippen LogP contribution in [0.5, 0.6) is 5.75 Å². The van der Waals surface area contributed by atoms with Crippen LogP contribution < -0.4 is 4.74 Å². The fraction of sp³-hybridized carbons (Fsp3) is 0.231. The third-order valence-corrected chi connectivity index (χ3v) is 5.95. The van der Waals surface area contributed by atoms with Crippen molar-refractivity contribution in [1.82, 2.24) is 24.3 Å². The maximum absolute atomic E-state index is 9.06. The van der Waals surface area contributed by atoms with E-state index < -0.39 is 0 Å². The summed E-state index contributed by atoms with van der Waals surface area (Å²) in [6.07, 6.45) is 9.78. The molecule has 33 heavy (non-hydrogen) atoms. The zero-order valence-electron chi connectivity index (χ0n) is 18.6. The number of aromatic nitrogens is 5. The monoisotopic (exact) mass is 436 g/mol. The Bertz CT molecular complexity index is 1360. The predicted molar refractivity (Wildman–Crippen MR) is 126 cm³/mol. The van der Waals surface area contributed by atoms with Gasteiger partial charge in [0, 0.05) is 18.7 Å². The molecule has 164 valence electrons. The number of aryl methyl sites for hydroxylation is 2. The molecule has 0 saturated carbocycles. The zero-order valence-corrected chi connectivity index (χ0v) is 18.6. The molecule has 4 aromatic rings. The molecular formula is C26H24N6O. The number of hydrogen-bond acceptors (Lipinski definition) is 5. The van der Waals surface area contributed by atoms with Crippen LogP contribution in [0.2, 0.25) is 0 Å². The molecule has 0 aliphatic carbocycles. The van der Waals surface area contributed by atoms with E-state index in [1.165, 1.54) is 5.56 Å². The second kappa shape index (κ2) is 8.75.